The molecule has 0 saturated carbocycles. The fourth-order valence-electron chi connectivity index (χ4n) is 2.05. The summed E-state index contributed by atoms with van der Waals surface area (Å²) in [6.07, 6.45) is -0.933. The molecule has 2 rings (SSSR count). The molecule has 0 aliphatic heterocycles. The Morgan fingerprint density at radius 1 is 1.26 bits per heavy atom. The largest absolute Gasteiger partial charge is 0.449 e. The average Bonchev–Trinajstić information content (AvgIpc) is 2.74. The number of halogens is 1. The van der Waals surface area contributed by atoms with Crippen LogP contribution in [0, 0.1) is 13.8 Å². The Balaban J connectivity index is 2.02. The maximum Gasteiger partial charge on any atom is 0.338 e. The third-order valence-electron chi connectivity index (χ3n) is 3.49. The van der Waals surface area contributed by atoms with E-state index in [0.29, 0.717) is 22.0 Å². The van der Waals surface area contributed by atoms with Crippen molar-refractivity contribution in [2.45, 2.75) is 26.9 Å². The number of nitrogens with one attached hydrogen (secondary N) is 1. The van der Waals surface area contributed by atoms with Crippen molar-refractivity contribution in [3.05, 3.63) is 46.2 Å². The van der Waals surface area contributed by atoms with Crippen molar-refractivity contribution in [2.24, 2.45) is 7.05 Å². The number of rotatable bonds is 4. The van der Waals surface area contributed by atoms with Gasteiger partial charge in [-0.05, 0) is 45.0 Å². The first-order valence-corrected chi connectivity index (χ1v) is 7.45. The molecule has 2 aromatic rings. The number of hydrogen-bond donors (Lipinski definition) is 1. The zero-order valence-corrected chi connectivity index (χ0v) is 14.1. The monoisotopic (exact) mass is 335 g/mol. The van der Waals surface area contributed by atoms with Crippen LogP contribution in [-0.4, -0.2) is 27.8 Å². The molecule has 0 saturated heterocycles. The van der Waals surface area contributed by atoms with E-state index in [1.165, 1.54) is 6.92 Å². The predicted molar refractivity (Wildman–Crippen MR) is 87.6 cm³/mol. The first kappa shape index (κ1) is 17.0. The van der Waals surface area contributed by atoms with Gasteiger partial charge in [-0.25, -0.2) is 4.79 Å². The normalized spacial score (nSPS) is 11.9. The lowest BCUT2D eigenvalue weighted by atomic mass is 10.2. The van der Waals surface area contributed by atoms with Crippen LogP contribution in [-0.2, 0) is 16.6 Å². The highest BCUT2D eigenvalue weighted by Crippen LogP contribution is 2.19. The van der Waals surface area contributed by atoms with Gasteiger partial charge in [-0.1, -0.05) is 11.6 Å². The van der Waals surface area contributed by atoms with Gasteiger partial charge in [0.25, 0.3) is 5.91 Å². The minimum absolute atomic E-state index is 0.336. The molecular weight excluding hydrogens is 318 g/mol. The van der Waals surface area contributed by atoms with Crippen molar-refractivity contribution in [1.29, 1.82) is 0 Å². The molecule has 122 valence electrons. The zero-order chi connectivity index (χ0) is 17.1. The van der Waals surface area contributed by atoms with Crippen LogP contribution >= 0.6 is 11.6 Å². The smallest absolute Gasteiger partial charge is 0.338 e. The lowest BCUT2D eigenvalue weighted by Crippen LogP contribution is -2.30. The summed E-state index contributed by atoms with van der Waals surface area (Å²) < 4.78 is 6.85. The number of benzene rings is 1. The van der Waals surface area contributed by atoms with Crippen LogP contribution in [0.2, 0.25) is 5.02 Å². The van der Waals surface area contributed by atoms with Crippen molar-refractivity contribution in [3.63, 3.8) is 0 Å². The molecule has 1 atom stereocenters. The minimum Gasteiger partial charge on any atom is -0.449 e. The molecule has 0 aliphatic carbocycles. The van der Waals surface area contributed by atoms with Crippen molar-refractivity contribution in [1.82, 2.24) is 9.78 Å². The van der Waals surface area contributed by atoms with Crippen LogP contribution in [0.15, 0.2) is 24.3 Å². The fraction of sp³-hybridized carbons (Fsp3) is 0.312. The van der Waals surface area contributed by atoms with Gasteiger partial charge in [0.05, 0.1) is 22.6 Å². The minimum atomic E-state index is -0.933. The van der Waals surface area contributed by atoms with E-state index >= 15 is 0 Å². The molecule has 0 spiro atoms. The summed E-state index contributed by atoms with van der Waals surface area (Å²) in [5, 5.41) is 7.49. The van der Waals surface area contributed by atoms with Crippen LogP contribution in [0.4, 0.5) is 5.69 Å². The SMILES string of the molecule is Cc1nn(C)c(C)c1NC(=O)[C@@H](C)OC(=O)c1ccc(Cl)cc1. The molecule has 1 aromatic heterocycles. The maximum atomic E-state index is 12.2. The molecule has 1 amide bonds. The lowest BCUT2D eigenvalue weighted by Gasteiger charge is -2.13. The van der Waals surface area contributed by atoms with E-state index in [0.717, 1.165) is 5.69 Å². The molecule has 1 N–H and O–H groups in total. The number of aryl methyl sites for hydroxylation is 2. The van der Waals surface area contributed by atoms with Gasteiger partial charge in [-0.2, -0.15) is 5.10 Å². The number of nitrogens with zero attached hydrogens (tertiary/aromatic N) is 2. The molecule has 0 bridgehead atoms. The Morgan fingerprint density at radius 3 is 2.39 bits per heavy atom. The van der Waals surface area contributed by atoms with Gasteiger partial charge < -0.3 is 10.1 Å². The lowest BCUT2D eigenvalue weighted by molar-refractivity contribution is -0.123. The summed E-state index contributed by atoms with van der Waals surface area (Å²) in [7, 11) is 1.79. The van der Waals surface area contributed by atoms with E-state index in [9.17, 15) is 9.59 Å². The summed E-state index contributed by atoms with van der Waals surface area (Å²) in [5.41, 5.74) is 2.50. The first-order valence-electron chi connectivity index (χ1n) is 7.07. The van der Waals surface area contributed by atoms with Gasteiger partial charge in [0.15, 0.2) is 6.10 Å². The number of carbonyl (C=O) groups is 2. The standard InChI is InChI=1S/C16H18ClN3O3/c1-9-14(10(2)20(4)19-9)18-15(21)11(3)23-16(22)12-5-7-13(17)8-6-12/h5-8,11H,1-4H3,(H,18,21)/t11-/m1/s1. The zero-order valence-electron chi connectivity index (χ0n) is 13.4. The molecule has 7 heteroatoms. The third kappa shape index (κ3) is 3.90. The number of esters is 1. The Morgan fingerprint density at radius 2 is 1.87 bits per heavy atom. The highest BCUT2D eigenvalue weighted by molar-refractivity contribution is 6.30. The Hall–Kier alpha value is -2.34. The molecule has 0 unspecified atom stereocenters. The quantitative estimate of drug-likeness (QED) is 0.872. The highest BCUT2D eigenvalue weighted by Gasteiger charge is 2.21. The van der Waals surface area contributed by atoms with Gasteiger partial charge in [-0.3, -0.25) is 9.48 Å². The molecule has 0 aliphatic rings. The van der Waals surface area contributed by atoms with E-state index in [1.54, 1.807) is 42.9 Å². The Bertz CT molecular complexity index is 738. The number of hydrogen-bond acceptors (Lipinski definition) is 4. The van der Waals surface area contributed by atoms with E-state index in [2.05, 4.69) is 10.4 Å². The number of anilines is 1. The van der Waals surface area contributed by atoms with Crippen molar-refractivity contribution in [3.8, 4) is 0 Å². The number of carbonyl (C=O) groups excluding carboxylic acids is 2. The molecule has 6 nitrogen and oxygen atoms in total. The molecule has 1 aromatic carbocycles. The van der Waals surface area contributed by atoms with E-state index in [4.69, 9.17) is 16.3 Å². The maximum absolute atomic E-state index is 12.2. The van der Waals surface area contributed by atoms with Crippen LogP contribution in [0.1, 0.15) is 28.7 Å². The summed E-state index contributed by atoms with van der Waals surface area (Å²) in [4.78, 5) is 24.2. The average molecular weight is 336 g/mol. The summed E-state index contributed by atoms with van der Waals surface area (Å²) in [6, 6.07) is 6.27. The van der Waals surface area contributed by atoms with E-state index in [-0.39, 0.29) is 0 Å². The van der Waals surface area contributed by atoms with Gasteiger partial charge in [0.2, 0.25) is 0 Å². The molecule has 23 heavy (non-hydrogen) atoms. The summed E-state index contributed by atoms with van der Waals surface area (Å²) >= 11 is 5.77. The molecule has 1 heterocycles. The van der Waals surface area contributed by atoms with Crippen LogP contribution in [0.3, 0.4) is 0 Å². The van der Waals surface area contributed by atoms with Crippen molar-refractivity contribution >= 4 is 29.2 Å². The molecule has 0 radical (unpaired) electrons. The van der Waals surface area contributed by atoms with Gasteiger partial charge in [0.1, 0.15) is 0 Å². The first-order chi connectivity index (χ1) is 10.8. The Kier molecular flexibility index (Phi) is 5.05. The Labute approximate surface area is 139 Å². The number of amides is 1. The number of aromatic nitrogens is 2. The van der Waals surface area contributed by atoms with E-state index in [1.807, 2.05) is 6.92 Å². The van der Waals surface area contributed by atoms with Gasteiger partial charge in [-0.15, -0.1) is 0 Å². The third-order valence-corrected chi connectivity index (χ3v) is 3.74. The van der Waals surface area contributed by atoms with Gasteiger partial charge >= 0.3 is 5.97 Å². The van der Waals surface area contributed by atoms with Crippen LogP contribution < -0.4 is 5.32 Å². The van der Waals surface area contributed by atoms with E-state index < -0.39 is 18.0 Å². The molecule has 0 fully saturated rings. The van der Waals surface area contributed by atoms with Crippen molar-refractivity contribution in [2.75, 3.05) is 5.32 Å². The second kappa shape index (κ2) is 6.83. The predicted octanol–water partition coefficient (Wildman–Crippen LogP) is 2.87. The fourth-order valence-corrected chi connectivity index (χ4v) is 2.17. The number of ether oxygens (including phenoxy) is 1. The second-order valence-corrected chi connectivity index (χ2v) is 5.65. The van der Waals surface area contributed by atoms with Gasteiger partial charge in [0, 0.05) is 12.1 Å². The van der Waals surface area contributed by atoms with Crippen molar-refractivity contribution < 1.29 is 14.3 Å². The van der Waals surface area contributed by atoms with Crippen LogP contribution in [0.5, 0.6) is 0 Å². The second-order valence-electron chi connectivity index (χ2n) is 5.21. The highest BCUT2D eigenvalue weighted by atomic mass is 35.5. The summed E-state index contributed by atoms with van der Waals surface area (Å²) in [5.74, 6) is -0.990. The van der Waals surface area contributed by atoms with Crippen LogP contribution in [0.25, 0.3) is 0 Å². The molecular formula is C16H18ClN3O3. The topological polar surface area (TPSA) is 73.2 Å². The summed E-state index contributed by atoms with van der Waals surface area (Å²) in [6.45, 7) is 5.16.